The number of aliphatic hydroxyl groups is 1. The second-order valence-electron chi connectivity index (χ2n) is 6.27. The fraction of sp³-hybridized carbons (Fsp3) is 0.250. The Labute approximate surface area is 164 Å². The van der Waals surface area contributed by atoms with Crippen LogP contribution in [-0.2, 0) is 13.0 Å². The number of rotatable bonds is 7. The van der Waals surface area contributed by atoms with Gasteiger partial charge >= 0.3 is 0 Å². The summed E-state index contributed by atoms with van der Waals surface area (Å²) >= 11 is 0. The molecule has 0 amide bonds. The highest BCUT2D eigenvalue weighted by molar-refractivity contribution is 5.41. The molecule has 3 rings (SSSR count). The molecule has 0 saturated heterocycles. The zero-order valence-corrected chi connectivity index (χ0v) is 15.5. The number of hydrogen-bond acceptors (Lipinski definition) is 5. The molecule has 0 aliphatic carbocycles. The van der Waals surface area contributed by atoms with Crippen molar-refractivity contribution in [3.63, 3.8) is 0 Å². The monoisotopic (exact) mass is 402 g/mol. The van der Waals surface area contributed by atoms with E-state index in [1.165, 1.54) is 16.8 Å². The van der Waals surface area contributed by atoms with Gasteiger partial charge in [-0.15, -0.1) is 0 Å². The summed E-state index contributed by atoms with van der Waals surface area (Å²) in [6.45, 7) is 1.16. The molecule has 2 heterocycles. The van der Waals surface area contributed by atoms with Gasteiger partial charge in [-0.25, -0.2) is 22.8 Å². The molecule has 150 valence electrons. The number of aliphatic hydroxyl groups excluding tert-OH is 1. The van der Waals surface area contributed by atoms with Crippen LogP contribution in [0.5, 0.6) is 5.75 Å². The van der Waals surface area contributed by atoms with Gasteiger partial charge in [-0.3, -0.25) is 0 Å². The molecule has 0 bridgehead atoms. The Morgan fingerprint density at radius 1 is 1.21 bits per heavy atom. The highest BCUT2D eigenvalue weighted by Gasteiger charge is 2.20. The van der Waals surface area contributed by atoms with Gasteiger partial charge in [0.15, 0.2) is 23.2 Å². The van der Waals surface area contributed by atoms with E-state index >= 15 is 0 Å². The Morgan fingerprint density at radius 3 is 2.52 bits per heavy atom. The summed E-state index contributed by atoms with van der Waals surface area (Å²) in [4.78, 5) is 3.92. The van der Waals surface area contributed by atoms with Crippen LogP contribution in [0.4, 0.5) is 13.2 Å². The maximum Gasteiger partial charge on any atom is 0.191 e. The minimum Gasteiger partial charge on any atom is -0.481 e. The minimum atomic E-state index is -0.890. The SMILES string of the molecule is Cc1nn(-c2ccc(F)cn2)c(COc2c(F)cc(CCCO)cc2F)c1C#N. The summed E-state index contributed by atoms with van der Waals surface area (Å²) in [6.07, 6.45) is 1.70. The first kappa shape index (κ1) is 20.4. The molecule has 0 atom stereocenters. The van der Waals surface area contributed by atoms with E-state index in [0.29, 0.717) is 24.1 Å². The van der Waals surface area contributed by atoms with Crippen molar-refractivity contribution in [2.24, 2.45) is 0 Å². The first-order valence-electron chi connectivity index (χ1n) is 8.76. The largest absolute Gasteiger partial charge is 0.481 e. The van der Waals surface area contributed by atoms with Gasteiger partial charge < -0.3 is 9.84 Å². The second kappa shape index (κ2) is 8.75. The lowest BCUT2D eigenvalue weighted by Crippen LogP contribution is -2.10. The molecule has 9 heteroatoms. The van der Waals surface area contributed by atoms with Crippen molar-refractivity contribution in [1.29, 1.82) is 5.26 Å². The summed E-state index contributed by atoms with van der Waals surface area (Å²) < 4.78 is 48.4. The van der Waals surface area contributed by atoms with Crippen molar-refractivity contribution in [3.8, 4) is 17.6 Å². The van der Waals surface area contributed by atoms with E-state index in [2.05, 4.69) is 10.1 Å². The number of halogens is 3. The number of benzene rings is 1. The van der Waals surface area contributed by atoms with Crippen LogP contribution < -0.4 is 4.74 Å². The normalized spacial score (nSPS) is 10.8. The Hall–Kier alpha value is -3.38. The van der Waals surface area contributed by atoms with Crippen LogP contribution in [0.2, 0.25) is 0 Å². The summed E-state index contributed by atoms with van der Waals surface area (Å²) in [5.74, 6) is -2.67. The molecule has 6 nitrogen and oxygen atoms in total. The Bertz CT molecular complexity index is 1040. The van der Waals surface area contributed by atoms with E-state index in [1.54, 1.807) is 6.92 Å². The molecule has 2 aromatic heterocycles. The van der Waals surface area contributed by atoms with E-state index in [-0.39, 0.29) is 30.3 Å². The maximum atomic E-state index is 14.3. The molecule has 1 N–H and O–H groups in total. The highest BCUT2D eigenvalue weighted by atomic mass is 19.1. The average molecular weight is 402 g/mol. The predicted molar refractivity (Wildman–Crippen MR) is 96.9 cm³/mol. The lowest BCUT2D eigenvalue weighted by atomic mass is 10.1. The molecule has 0 aliphatic heterocycles. The molecule has 0 aliphatic rings. The minimum absolute atomic E-state index is 0.0841. The highest BCUT2D eigenvalue weighted by Crippen LogP contribution is 2.26. The lowest BCUT2D eigenvalue weighted by molar-refractivity contribution is 0.266. The van der Waals surface area contributed by atoms with Crippen LogP contribution in [0.15, 0.2) is 30.5 Å². The third-order valence-electron chi connectivity index (χ3n) is 4.23. The standard InChI is InChI=1S/C20H17F3N4O2/c1-12-15(9-24)18(27(26-12)19-5-4-14(21)10-25-19)11-29-20-16(22)7-13(3-2-6-28)8-17(20)23/h4-5,7-8,10,28H,2-3,6,11H2,1H3. The first-order chi connectivity index (χ1) is 13.9. The number of nitrogens with zero attached hydrogens (tertiary/aromatic N) is 4. The summed E-state index contributed by atoms with van der Waals surface area (Å²) in [5.41, 5.74) is 1.18. The molecule has 0 radical (unpaired) electrons. The number of pyridine rings is 1. The van der Waals surface area contributed by atoms with Gasteiger partial charge in [-0.05, 0) is 49.6 Å². The van der Waals surface area contributed by atoms with Crippen molar-refractivity contribution < 1.29 is 23.0 Å². The number of aryl methyl sites for hydroxylation is 2. The van der Waals surface area contributed by atoms with Crippen LogP contribution in [0.3, 0.4) is 0 Å². The first-order valence-corrected chi connectivity index (χ1v) is 8.76. The van der Waals surface area contributed by atoms with Crippen LogP contribution >= 0.6 is 0 Å². The van der Waals surface area contributed by atoms with Crippen molar-refractivity contribution in [2.45, 2.75) is 26.4 Å². The van der Waals surface area contributed by atoms with Gasteiger partial charge in [-0.1, -0.05) is 0 Å². The van der Waals surface area contributed by atoms with Gasteiger partial charge in [0, 0.05) is 6.61 Å². The van der Waals surface area contributed by atoms with Crippen LogP contribution in [0.25, 0.3) is 5.82 Å². The number of ether oxygens (including phenoxy) is 1. The molecule has 0 fully saturated rings. The average Bonchev–Trinajstić information content (AvgIpc) is 3.01. The van der Waals surface area contributed by atoms with Gasteiger partial charge in [0.2, 0.25) is 0 Å². The molecule has 3 aromatic rings. The Kier molecular flexibility index (Phi) is 6.14. The molecule has 1 aromatic carbocycles. The van der Waals surface area contributed by atoms with Gasteiger partial charge in [0.25, 0.3) is 0 Å². The fourth-order valence-electron chi connectivity index (χ4n) is 2.85. The molecule has 0 unspecified atom stereocenters. The predicted octanol–water partition coefficient (Wildman–Crippen LogP) is 3.37. The zero-order chi connectivity index (χ0) is 21.0. The van der Waals surface area contributed by atoms with Crippen LogP contribution in [-0.4, -0.2) is 26.5 Å². The van der Waals surface area contributed by atoms with Crippen LogP contribution in [0.1, 0.15) is 28.9 Å². The Morgan fingerprint density at radius 2 is 1.93 bits per heavy atom. The van der Waals surface area contributed by atoms with Crippen LogP contribution in [0, 0.1) is 35.7 Å². The fourth-order valence-corrected chi connectivity index (χ4v) is 2.85. The number of nitriles is 1. The molecule has 0 spiro atoms. The zero-order valence-electron chi connectivity index (χ0n) is 15.5. The molecule has 29 heavy (non-hydrogen) atoms. The van der Waals surface area contributed by atoms with Crippen molar-refractivity contribution >= 4 is 0 Å². The van der Waals surface area contributed by atoms with E-state index in [0.717, 1.165) is 18.3 Å². The van der Waals surface area contributed by atoms with Gasteiger partial charge in [0.05, 0.1) is 11.9 Å². The summed E-state index contributed by atoms with van der Waals surface area (Å²) in [7, 11) is 0. The molecular weight excluding hydrogens is 385 g/mol. The lowest BCUT2D eigenvalue weighted by Gasteiger charge is -2.12. The van der Waals surface area contributed by atoms with E-state index in [4.69, 9.17) is 9.84 Å². The molecular formula is C20H17F3N4O2. The summed E-state index contributed by atoms with van der Waals surface area (Å²) in [6, 6.07) is 6.82. The summed E-state index contributed by atoms with van der Waals surface area (Å²) in [5, 5.41) is 22.5. The van der Waals surface area contributed by atoms with Crippen molar-refractivity contribution in [1.82, 2.24) is 14.8 Å². The third-order valence-corrected chi connectivity index (χ3v) is 4.23. The van der Waals surface area contributed by atoms with Gasteiger partial charge in [0.1, 0.15) is 29.8 Å². The third kappa shape index (κ3) is 4.38. The Balaban J connectivity index is 1.91. The number of aromatic nitrogens is 3. The van der Waals surface area contributed by atoms with Crippen molar-refractivity contribution in [3.05, 3.63) is 70.4 Å². The quantitative estimate of drug-likeness (QED) is 0.655. The smallest absolute Gasteiger partial charge is 0.191 e. The molecule has 0 saturated carbocycles. The maximum absolute atomic E-state index is 14.3. The van der Waals surface area contributed by atoms with Crippen molar-refractivity contribution in [2.75, 3.05) is 6.61 Å². The van der Waals surface area contributed by atoms with E-state index in [1.807, 2.05) is 6.07 Å². The topological polar surface area (TPSA) is 84.0 Å². The van der Waals surface area contributed by atoms with E-state index in [9.17, 15) is 18.4 Å². The second-order valence-corrected chi connectivity index (χ2v) is 6.27. The van der Waals surface area contributed by atoms with E-state index < -0.39 is 23.2 Å². The number of hydrogen-bond donors (Lipinski definition) is 1. The van der Waals surface area contributed by atoms with Gasteiger partial charge in [-0.2, -0.15) is 10.4 Å².